The molecule has 3 aromatic carbocycles. The number of halogens is 2. The Morgan fingerprint density at radius 1 is 1.03 bits per heavy atom. The fourth-order valence-electron chi connectivity index (χ4n) is 2.88. The first kappa shape index (κ1) is 21.7. The summed E-state index contributed by atoms with van der Waals surface area (Å²) in [4.78, 5) is 12.2. The van der Waals surface area contributed by atoms with Crippen molar-refractivity contribution in [1.82, 2.24) is 20.2 Å². The topological polar surface area (TPSA) is 72.2 Å². The first-order valence-electron chi connectivity index (χ1n) is 9.58. The lowest BCUT2D eigenvalue weighted by atomic mass is 10.2. The summed E-state index contributed by atoms with van der Waals surface area (Å²) >= 11 is 7.23. The van der Waals surface area contributed by atoms with Gasteiger partial charge in [0.25, 0.3) is 5.91 Å². The van der Waals surface area contributed by atoms with Crippen molar-refractivity contribution in [2.75, 3.05) is 5.75 Å². The maximum Gasteiger partial charge on any atom is 0.250 e. The highest BCUT2D eigenvalue weighted by atomic mass is 35.5. The zero-order valence-corrected chi connectivity index (χ0v) is 18.2. The summed E-state index contributed by atoms with van der Waals surface area (Å²) in [5, 5.41) is 13.6. The smallest absolute Gasteiger partial charge is 0.250 e. The van der Waals surface area contributed by atoms with Crippen LogP contribution in [0, 0.1) is 5.82 Å². The number of carbonyl (C=O) groups excluding carboxylic acids is 1. The van der Waals surface area contributed by atoms with Crippen LogP contribution in [-0.2, 0) is 4.79 Å². The molecule has 0 radical (unpaired) electrons. The Bertz CT molecular complexity index is 1240. The molecule has 4 rings (SSSR count). The summed E-state index contributed by atoms with van der Waals surface area (Å²) in [6, 6.07) is 23.1. The van der Waals surface area contributed by atoms with Gasteiger partial charge in [-0.3, -0.25) is 9.36 Å². The van der Waals surface area contributed by atoms with Crippen molar-refractivity contribution in [2.24, 2.45) is 5.10 Å². The molecule has 1 amide bonds. The van der Waals surface area contributed by atoms with Crippen molar-refractivity contribution >= 4 is 35.5 Å². The molecule has 0 atom stereocenters. The van der Waals surface area contributed by atoms with Crippen molar-refractivity contribution in [3.63, 3.8) is 0 Å². The number of benzene rings is 3. The Kier molecular flexibility index (Phi) is 6.94. The molecule has 0 bridgehead atoms. The third-order valence-electron chi connectivity index (χ3n) is 4.38. The molecule has 6 nitrogen and oxygen atoms in total. The average Bonchev–Trinajstić information content (AvgIpc) is 3.24. The van der Waals surface area contributed by atoms with Gasteiger partial charge in [0.05, 0.1) is 12.0 Å². The fraction of sp³-hybridized carbons (Fsp3) is 0.0435. The van der Waals surface area contributed by atoms with E-state index in [9.17, 15) is 9.18 Å². The molecule has 0 spiro atoms. The lowest BCUT2D eigenvalue weighted by Gasteiger charge is -2.10. The van der Waals surface area contributed by atoms with E-state index in [1.54, 1.807) is 30.3 Å². The summed E-state index contributed by atoms with van der Waals surface area (Å²) in [6.45, 7) is 0. The third-order valence-corrected chi connectivity index (χ3v) is 5.56. The van der Waals surface area contributed by atoms with Crippen LogP contribution in [0.3, 0.4) is 0 Å². The number of carbonyl (C=O) groups is 1. The third kappa shape index (κ3) is 5.22. The molecule has 4 aromatic rings. The molecular weight excluding hydrogens is 449 g/mol. The second-order valence-corrected chi connectivity index (χ2v) is 7.97. The number of hydrazone groups is 1. The van der Waals surface area contributed by atoms with Gasteiger partial charge < -0.3 is 0 Å². The molecule has 0 saturated carbocycles. The molecule has 1 N–H and O–H groups in total. The van der Waals surface area contributed by atoms with E-state index in [1.165, 1.54) is 24.0 Å². The van der Waals surface area contributed by atoms with Gasteiger partial charge in [0.1, 0.15) is 5.82 Å². The van der Waals surface area contributed by atoms with E-state index >= 15 is 0 Å². The molecule has 160 valence electrons. The molecule has 1 aromatic heterocycles. The predicted octanol–water partition coefficient (Wildman–Crippen LogP) is 4.97. The molecule has 0 aliphatic carbocycles. The number of thioether (sulfide) groups is 1. The molecule has 0 saturated heterocycles. The molecular formula is C23H17ClFN5OS. The van der Waals surface area contributed by atoms with Gasteiger partial charge in [-0.1, -0.05) is 59.8 Å². The maximum absolute atomic E-state index is 13.6. The van der Waals surface area contributed by atoms with E-state index in [0.717, 1.165) is 11.3 Å². The van der Waals surface area contributed by atoms with Gasteiger partial charge in [0.2, 0.25) is 0 Å². The number of nitrogens with one attached hydrogen (secondary N) is 1. The number of rotatable bonds is 7. The zero-order chi connectivity index (χ0) is 22.3. The Labute approximate surface area is 193 Å². The maximum atomic E-state index is 13.6. The van der Waals surface area contributed by atoms with Crippen LogP contribution in [0.5, 0.6) is 0 Å². The number of aromatic nitrogens is 3. The predicted molar refractivity (Wildman–Crippen MR) is 125 cm³/mol. The van der Waals surface area contributed by atoms with Gasteiger partial charge in [0, 0.05) is 21.8 Å². The van der Waals surface area contributed by atoms with Crippen molar-refractivity contribution in [1.29, 1.82) is 0 Å². The largest absolute Gasteiger partial charge is 0.272 e. The Hall–Kier alpha value is -3.49. The van der Waals surface area contributed by atoms with Crippen LogP contribution >= 0.6 is 23.4 Å². The number of hydrogen-bond acceptors (Lipinski definition) is 5. The van der Waals surface area contributed by atoms with Crippen LogP contribution in [0.2, 0.25) is 5.02 Å². The number of nitrogens with zero attached hydrogens (tertiary/aromatic N) is 4. The SMILES string of the molecule is O=C(CSc1nnc(-c2ccc(Cl)cc2)n1-c1ccccc1)NN=Cc1ccccc1F. The second kappa shape index (κ2) is 10.2. The number of amides is 1. The van der Waals surface area contributed by atoms with E-state index in [4.69, 9.17) is 11.6 Å². The first-order chi connectivity index (χ1) is 15.6. The van der Waals surface area contributed by atoms with Crippen LogP contribution < -0.4 is 5.43 Å². The van der Waals surface area contributed by atoms with Crippen LogP contribution in [-0.4, -0.2) is 32.6 Å². The van der Waals surface area contributed by atoms with Crippen molar-refractivity contribution in [3.05, 3.63) is 95.3 Å². The lowest BCUT2D eigenvalue weighted by Crippen LogP contribution is -2.20. The molecule has 0 aliphatic rings. The minimum atomic E-state index is -0.412. The minimum Gasteiger partial charge on any atom is -0.272 e. The van der Waals surface area contributed by atoms with E-state index in [-0.39, 0.29) is 17.2 Å². The zero-order valence-electron chi connectivity index (χ0n) is 16.7. The van der Waals surface area contributed by atoms with E-state index in [0.29, 0.717) is 16.0 Å². The van der Waals surface area contributed by atoms with Gasteiger partial charge in [-0.15, -0.1) is 10.2 Å². The van der Waals surface area contributed by atoms with Gasteiger partial charge in [-0.2, -0.15) is 5.10 Å². The highest BCUT2D eigenvalue weighted by Gasteiger charge is 2.17. The second-order valence-electron chi connectivity index (χ2n) is 6.59. The minimum absolute atomic E-state index is 0.0558. The van der Waals surface area contributed by atoms with Crippen LogP contribution in [0.1, 0.15) is 5.56 Å². The number of para-hydroxylation sites is 1. The van der Waals surface area contributed by atoms with Crippen LogP contribution in [0.15, 0.2) is 89.1 Å². The van der Waals surface area contributed by atoms with E-state index < -0.39 is 5.82 Å². The van der Waals surface area contributed by atoms with Crippen molar-refractivity contribution in [2.45, 2.75) is 5.16 Å². The van der Waals surface area contributed by atoms with Gasteiger partial charge >= 0.3 is 0 Å². The average molecular weight is 466 g/mol. The molecule has 1 heterocycles. The Morgan fingerprint density at radius 3 is 2.50 bits per heavy atom. The lowest BCUT2D eigenvalue weighted by molar-refractivity contribution is -0.118. The van der Waals surface area contributed by atoms with E-state index in [2.05, 4.69) is 20.7 Å². The van der Waals surface area contributed by atoms with Crippen molar-refractivity contribution < 1.29 is 9.18 Å². The summed E-state index contributed by atoms with van der Waals surface area (Å²) in [7, 11) is 0. The number of hydrogen-bond donors (Lipinski definition) is 1. The molecule has 32 heavy (non-hydrogen) atoms. The normalized spacial score (nSPS) is 11.1. The summed E-state index contributed by atoms with van der Waals surface area (Å²) < 4.78 is 15.5. The van der Waals surface area contributed by atoms with Gasteiger partial charge in [0.15, 0.2) is 11.0 Å². The van der Waals surface area contributed by atoms with Gasteiger partial charge in [-0.25, -0.2) is 9.82 Å². The van der Waals surface area contributed by atoms with Gasteiger partial charge in [-0.05, 0) is 42.5 Å². The highest BCUT2D eigenvalue weighted by Crippen LogP contribution is 2.28. The highest BCUT2D eigenvalue weighted by molar-refractivity contribution is 7.99. The Balaban J connectivity index is 1.50. The van der Waals surface area contributed by atoms with Crippen LogP contribution in [0.4, 0.5) is 4.39 Å². The summed E-state index contributed by atoms with van der Waals surface area (Å²) in [5.74, 6) is -0.0719. The van der Waals surface area contributed by atoms with Crippen LogP contribution in [0.25, 0.3) is 17.1 Å². The summed E-state index contributed by atoms with van der Waals surface area (Å²) in [5.41, 5.74) is 4.40. The first-order valence-corrected chi connectivity index (χ1v) is 10.9. The van der Waals surface area contributed by atoms with Crippen molar-refractivity contribution in [3.8, 4) is 17.1 Å². The van der Waals surface area contributed by atoms with E-state index in [1.807, 2.05) is 47.0 Å². The Morgan fingerprint density at radius 2 is 1.75 bits per heavy atom. The standard InChI is InChI=1S/C23H17ClFN5OS/c24-18-12-10-16(11-13-18)22-28-29-23(30(22)19-7-2-1-3-8-19)32-15-21(31)27-26-14-17-6-4-5-9-20(17)25/h1-14H,15H2,(H,27,31). The quantitative estimate of drug-likeness (QED) is 0.237. The fourth-order valence-corrected chi connectivity index (χ4v) is 3.75. The summed E-state index contributed by atoms with van der Waals surface area (Å²) in [6.07, 6.45) is 1.27. The molecule has 0 aliphatic heterocycles. The molecule has 9 heteroatoms. The molecule has 0 fully saturated rings. The molecule has 0 unspecified atom stereocenters. The monoisotopic (exact) mass is 465 g/mol.